The number of aromatic amines is 1. The Morgan fingerprint density at radius 2 is 1.74 bits per heavy atom. The summed E-state index contributed by atoms with van der Waals surface area (Å²) in [6.07, 6.45) is 5.69. The maximum absolute atomic E-state index is 13.6. The van der Waals surface area contributed by atoms with Gasteiger partial charge in [0, 0.05) is 42.6 Å². The molecule has 6 rings (SSSR count). The van der Waals surface area contributed by atoms with Crippen LogP contribution in [0.2, 0.25) is 0 Å². The lowest BCUT2D eigenvalue weighted by atomic mass is 9.95. The third kappa shape index (κ3) is 4.96. The van der Waals surface area contributed by atoms with Gasteiger partial charge in [-0.2, -0.15) is 0 Å². The van der Waals surface area contributed by atoms with E-state index in [2.05, 4.69) is 36.4 Å². The van der Waals surface area contributed by atoms with Crippen LogP contribution < -0.4 is 19.9 Å². The molecule has 10 heteroatoms. The van der Waals surface area contributed by atoms with Gasteiger partial charge < -0.3 is 19.4 Å². The Bertz CT molecular complexity index is 1490. The molecule has 4 aromatic rings. The molecule has 2 fully saturated rings. The summed E-state index contributed by atoms with van der Waals surface area (Å²) in [5.74, 6) is 2.35. The van der Waals surface area contributed by atoms with Gasteiger partial charge in [0.15, 0.2) is 5.82 Å². The number of hydrogen-bond acceptors (Lipinski definition) is 8. The molecule has 1 saturated heterocycles. The summed E-state index contributed by atoms with van der Waals surface area (Å²) in [4.78, 5) is 21.4. The summed E-state index contributed by atoms with van der Waals surface area (Å²) in [6, 6.07) is 15.7. The van der Waals surface area contributed by atoms with Crippen molar-refractivity contribution in [3.05, 3.63) is 70.3 Å². The van der Waals surface area contributed by atoms with E-state index in [1.54, 1.807) is 14.2 Å². The van der Waals surface area contributed by atoms with E-state index in [0.717, 1.165) is 72.9 Å². The zero-order valence-electron chi connectivity index (χ0n) is 22.5. The van der Waals surface area contributed by atoms with E-state index in [9.17, 15) is 4.79 Å². The lowest BCUT2D eigenvalue weighted by Crippen LogP contribution is -2.49. The maximum Gasteiger partial charge on any atom is 0.253 e. The Labute approximate surface area is 227 Å². The lowest BCUT2D eigenvalue weighted by molar-refractivity contribution is 0.192. The van der Waals surface area contributed by atoms with Crippen LogP contribution in [0.5, 0.6) is 11.5 Å². The van der Waals surface area contributed by atoms with Gasteiger partial charge in [-0.1, -0.05) is 31.4 Å². The molecular weight excluding hydrogens is 494 g/mol. The molecule has 204 valence electrons. The number of benzene rings is 2. The molecule has 1 aliphatic carbocycles. The number of pyridine rings is 1. The van der Waals surface area contributed by atoms with Crippen molar-refractivity contribution in [3.63, 3.8) is 0 Å². The number of para-hydroxylation sites is 2. The molecule has 2 aromatic carbocycles. The first-order valence-electron chi connectivity index (χ1n) is 13.8. The number of nitrogens with one attached hydrogen (secondary N) is 1. The second-order valence-electron chi connectivity index (χ2n) is 10.4. The average molecular weight is 530 g/mol. The highest BCUT2D eigenvalue weighted by atomic mass is 16.5. The minimum absolute atomic E-state index is 0.122. The van der Waals surface area contributed by atoms with Gasteiger partial charge in [-0.25, -0.2) is 4.68 Å². The number of nitrogens with zero attached hydrogens (tertiary/aromatic N) is 6. The number of H-pyrrole nitrogens is 1. The van der Waals surface area contributed by atoms with Crippen LogP contribution in [0.15, 0.2) is 53.3 Å². The highest BCUT2D eigenvalue weighted by molar-refractivity contribution is 5.80. The molecule has 0 amide bonds. The number of tetrazole rings is 1. The number of ether oxygens (including phenoxy) is 2. The Hall–Kier alpha value is -3.92. The van der Waals surface area contributed by atoms with Crippen molar-refractivity contribution in [1.82, 2.24) is 30.1 Å². The highest BCUT2D eigenvalue weighted by Gasteiger charge is 2.34. The predicted octanol–water partition coefficient (Wildman–Crippen LogP) is 3.95. The molecule has 1 saturated carbocycles. The van der Waals surface area contributed by atoms with Gasteiger partial charge in [0.05, 0.1) is 25.9 Å². The third-order valence-electron chi connectivity index (χ3n) is 8.16. The summed E-state index contributed by atoms with van der Waals surface area (Å²) in [5, 5.41) is 14.0. The number of methoxy groups -OCH3 is 2. The first kappa shape index (κ1) is 25.4. The zero-order valence-corrected chi connectivity index (χ0v) is 22.5. The molecule has 10 nitrogen and oxygen atoms in total. The van der Waals surface area contributed by atoms with Gasteiger partial charge in [0.2, 0.25) is 0 Å². The van der Waals surface area contributed by atoms with Crippen LogP contribution in [0.3, 0.4) is 0 Å². The second kappa shape index (κ2) is 11.1. The Balaban J connectivity index is 1.39. The summed E-state index contributed by atoms with van der Waals surface area (Å²) in [7, 11) is 3.35. The highest BCUT2D eigenvalue weighted by Crippen LogP contribution is 2.35. The number of hydrogen-bond donors (Lipinski definition) is 1. The quantitative estimate of drug-likeness (QED) is 0.384. The lowest BCUT2D eigenvalue weighted by Gasteiger charge is -2.40. The molecule has 39 heavy (non-hydrogen) atoms. The zero-order chi connectivity index (χ0) is 26.8. The fraction of sp³-hybridized carbons (Fsp3) is 0.448. The van der Waals surface area contributed by atoms with Gasteiger partial charge in [0.25, 0.3) is 5.56 Å². The predicted molar refractivity (Wildman–Crippen MR) is 150 cm³/mol. The van der Waals surface area contributed by atoms with E-state index in [-0.39, 0.29) is 17.6 Å². The Morgan fingerprint density at radius 1 is 0.949 bits per heavy atom. The number of anilines is 1. The number of piperazine rings is 1. The van der Waals surface area contributed by atoms with Gasteiger partial charge in [-0.15, -0.1) is 5.10 Å². The summed E-state index contributed by atoms with van der Waals surface area (Å²) >= 11 is 0. The van der Waals surface area contributed by atoms with E-state index in [0.29, 0.717) is 5.56 Å². The van der Waals surface area contributed by atoms with Crippen LogP contribution in [0.25, 0.3) is 10.9 Å². The smallest absolute Gasteiger partial charge is 0.253 e. The van der Waals surface area contributed by atoms with E-state index in [4.69, 9.17) is 9.47 Å². The standard InChI is InChI=1S/C29H35N7O3/c1-38-22-12-13-24-20(18-22)19-23(29(37)30-24)27(28-31-32-33-36(28)21-8-4-3-5-9-21)35-16-14-34(15-17-35)25-10-6-7-11-26(25)39-2/h6-7,10-13,18-19,21,27H,3-5,8-9,14-17H2,1-2H3,(H,30,37)/t27-/m1/s1. The van der Waals surface area contributed by atoms with Gasteiger partial charge in [0.1, 0.15) is 17.5 Å². The van der Waals surface area contributed by atoms with Gasteiger partial charge in [-0.3, -0.25) is 9.69 Å². The molecule has 0 bridgehead atoms. The van der Waals surface area contributed by atoms with E-state index in [1.165, 1.54) is 19.3 Å². The molecule has 1 N–H and O–H groups in total. The fourth-order valence-electron chi connectivity index (χ4n) is 6.11. The Kier molecular flexibility index (Phi) is 7.19. The van der Waals surface area contributed by atoms with Gasteiger partial charge >= 0.3 is 0 Å². The average Bonchev–Trinajstić information content (AvgIpc) is 3.47. The van der Waals surface area contributed by atoms with Crippen LogP contribution in [0.1, 0.15) is 55.6 Å². The molecule has 0 radical (unpaired) electrons. The SMILES string of the molecule is COc1ccc2[nH]c(=O)c([C@H](c3nnnn3C3CCCCC3)N3CCN(c4ccccc4OC)CC3)cc2c1. The molecule has 0 spiro atoms. The normalized spacial score (nSPS) is 17.8. The molecule has 1 atom stereocenters. The molecule has 1 aliphatic heterocycles. The molecule has 0 unspecified atom stereocenters. The van der Waals surface area contributed by atoms with Crippen molar-refractivity contribution in [2.75, 3.05) is 45.3 Å². The minimum atomic E-state index is -0.374. The second-order valence-corrected chi connectivity index (χ2v) is 10.4. The first-order valence-corrected chi connectivity index (χ1v) is 13.8. The molecule has 2 aliphatic rings. The third-order valence-corrected chi connectivity index (χ3v) is 8.16. The van der Waals surface area contributed by atoms with E-state index >= 15 is 0 Å². The van der Waals surface area contributed by atoms with E-state index < -0.39 is 0 Å². The van der Waals surface area contributed by atoms with Crippen LogP contribution in [0.4, 0.5) is 5.69 Å². The number of rotatable bonds is 7. The van der Waals surface area contributed by atoms with Crippen LogP contribution in [-0.2, 0) is 0 Å². The van der Waals surface area contributed by atoms with Crippen LogP contribution in [0, 0.1) is 0 Å². The largest absolute Gasteiger partial charge is 0.497 e. The van der Waals surface area contributed by atoms with Crippen LogP contribution in [-0.4, -0.2) is 70.5 Å². The van der Waals surface area contributed by atoms with Crippen LogP contribution >= 0.6 is 0 Å². The van der Waals surface area contributed by atoms with Crippen molar-refractivity contribution in [2.45, 2.75) is 44.2 Å². The molecule has 2 aromatic heterocycles. The molecule has 3 heterocycles. The maximum atomic E-state index is 13.6. The van der Waals surface area contributed by atoms with Gasteiger partial charge in [-0.05, 0) is 59.7 Å². The minimum Gasteiger partial charge on any atom is -0.497 e. The summed E-state index contributed by atoms with van der Waals surface area (Å²) in [5.41, 5.74) is 2.38. The number of aromatic nitrogens is 5. The summed E-state index contributed by atoms with van der Waals surface area (Å²) < 4.78 is 13.1. The van der Waals surface area contributed by atoms with Crippen molar-refractivity contribution < 1.29 is 9.47 Å². The summed E-state index contributed by atoms with van der Waals surface area (Å²) in [6.45, 7) is 3.08. The van der Waals surface area contributed by atoms with Crippen molar-refractivity contribution in [2.24, 2.45) is 0 Å². The monoisotopic (exact) mass is 529 g/mol. The molecular formula is C29H35N7O3. The topological polar surface area (TPSA) is 101 Å². The van der Waals surface area contributed by atoms with Crippen molar-refractivity contribution in [3.8, 4) is 11.5 Å². The Morgan fingerprint density at radius 3 is 2.51 bits per heavy atom. The first-order chi connectivity index (χ1) is 19.2. The fourth-order valence-corrected chi connectivity index (χ4v) is 6.11. The van der Waals surface area contributed by atoms with Crippen molar-refractivity contribution in [1.29, 1.82) is 0 Å². The van der Waals surface area contributed by atoms with Crippen molar-refractivity contribution >= 4 is 16.6 Å². The number of fused-ring (bicyclic) bond motifs is 1. The van der Waals surface area contributed by atoms with E-state index in [1.807, 2.05) is 47.1 Å².